The van der Waals surface area contributed by atoms with Crippen molar-refractivity contribution < 1.29 is 19.1 Å². The number of fused-ring (bicyclic) bond motifs is 1. The first-order valence-corrected chi connectivity index (χ1v) is 8.79. The van der Waals surface area contributed by atoms with E-state index in [9.17, 15) is 9.90 Å². The van der Waals surface area contributed by atoms with Gasteiger partial charge in [-0.15, -0.1) is 0 Å². The molecular formula is C19H22N2O4. The van der Waals surface area contributed by atoms with Crippen LogP contribution in [0.1, 0.15) is 28.0 Å². The standard InChI is InChI=1S/C19H22N2O4/c22-19(23)16-9-14-1-5-21(10-13-3-7-24-11-13)6-2-17(14)20-18(16)15-4-8-25-12-15/h4,8-9,12-13H,1-3,5-7,10-11H2,(H,22,23)/t13-/m1/s1. The first-order valence-electron chi connectivity index (χ1n) is 8.79. The quantitative estimate of drug-likeness (QED) is 0.920. The van der Waals surface area contributed by atoms with Crippen molar-refractivity contribution in [3.8, 4) is 11.3 Å². The van der Waals surface area contributed by atoms with Gasteiger partial charge in [0.1, 0.15) is 0 Å². The van der Waals surface area contributed by atoms with Gasteiger partial charge in [0.25, 0.3) is 0 Å². The number of carboxylic acid groups (broad SMARTS) is 1. The molecule has 6 heteroatoms. The molecule has 0 radical (unpaired) electrons. The van der Waals surface area contributed by atoms with Gasteiger partial charge in [-0.05, 0) is 36.5 Å². The van der Waals surface area contributed by atoms with Crippen LogP contribution in [0.15, 0.2) is 29.1 Å². The van der Waals surface area contributed by atoms with Crippen molar-refractivity contribution in [2.45, 2.75) is 19.3 Å². The van der Waals surface area contributed by atoms with Crippen LogP contribution in [-0.2, 0) is 17.6 Å². The van der Waals surface area contributed by atoms with Gasteiger partial charge in [-0.3, -0.25) is 4.98 Å². The minimum atomic E-state index is -0.948. The molecule has 2 aromatic heterocycles. The summed E-state index contributed by atoms with van der Waals surface area (Å²) >= 11 is 0. The lowest BCUT2D eigenvalue weighted by atomic mass is 10.0. The molecule has 25 heavy (non-hydrogen) atoms. The summed E-state index contributed by atoms with van der Waals surface area (Å²) in [5.74, 6) is -0.332. The molecule has 1 fully saturated rings. The van der Waals surface area contributed by atoms with E-state index in [1.165, 1.54) is 0 Å². The lowest BCUT2D eigenvalue weighted by Gasteiger charge is -2.22. The van der Waals surface area contributed by atoms with Crippen LogP contribution in [0.5, 0.6) is 0 Å². The number of ether oxygens (including phenoxy) is 1. The second-order valence-corrected chi connectivity index (χ2v) is 6.84. The molecule has 2 aliphatic heterocycles. The van der Waals surface area contributed by atoms with Gasteiger partial charge in [-0.2, -0.15) is 0 Å². The second kappa shape index (κ2) is 6.98. The van der Waals surface area contributed by atoms with Crippen LogP contribution in [0.2, 0.25) is 0 Å². The van der Waals surface area contributed by atoms with Crippen LogP contribution in [-0.4, -0.2) is 53.8 Å². The molecule has 132 valence electrons. The number of rotatable bonds is 4. The average Bonchev–Trinajstić information content (AvgIpc) is 3.27. The van der Waals surface area contributed by atoms with E-state index in [2.05, 4.69) is 4.90 Å². The highest BCUT2D eigenvalue weighted by molar-refractivity contribution is 5.95. The van der Waals surface area contributed by atoms with Gasteiger partial charge >= 0.3 is 5.97 Å². The maximum atomic E-state index is 11.7. The molecule has 0 saturated carbocycles. The first kappa shape index (κ1) is 16.3. The summed E-state index contributed by atoms with van der Waals surface area (Å²) in [6.45, 7) is 4.67. The van der Waals surface area contributed by atoms with Crippen molar-refractivity contribution in [2.75, 3.05) is 32.8 Å². The van der Waals surface area contributed by atoms with E-state index in [0.29, 0.717) is 17.2 Å². The van der Waals surface area contributed by atoms with E-state index in [4.69, 9.17) is 14.1 Å². The molecule has 6 nitrogen and oxygen atoms in total. The third-order valence-corrected chi connectivity index (χ3v) is 5.12. The summed E-state index contributed by atoms with van der Waals surface area (Å²) in [6, 6.07) is 3.56. The van der Waals surface area contributed by atoms with Gasteiger partial charge in [0.2, 0.25) is 0 Å². The van der Waals surface area contributed by atoms with Gasteiger partial charge in [0, 0.05) is 43.9 Å². The highest BCUT2D eigenvalue weighted by Gasteiger charge is 2.24. The zero-order chi connectivity index (χ0) is 17.2. The van der Waals surface area contributed by atoms with Crippen molar-refractivity contribution in [3.05, 3.63) is 41.5 Å². The fraction of sp³-hybridized carbons (Fsp3) is 0.474. The topological polar surface area (TPSA) is 75.8 Å². The van der Waals surface area contributed by atoms with Gasteiger partial charge in [0.15, 0.2) is 0 Å². The Morgan fingerprint density at radius 1 is 1.36 bits per heavy atom. The van der Waals surface area contributed by atoms with Crippen LogP contribution in [0.3, 0.4) is 0 Å². The maximum Gasteiger partial charge on any atom is 0.337 e. The summed E-state index contributed by atoms with van der Waals surface area (Å²) in [6.07, 6.45) is 5.90. The van der Waals surface area contributed by atoms with E-state index in [0.717, 1.165) is 63.4 Å². The number of carbonyl (C=O) groups is 1. The Hall–Kier alpha value is -2.18. The number of carboxylic acids is 1. The molecule has 0 aliphatic carbocycles. The molecular weight excluding hydrogens is 320 g/mol. The minimum absolute atomic E-state index is 0.248. The van der Waals surface area contributed by atoms with E-state index < -0.39 is 5.97 Å². The summed E-state index contributed by atoms with van der Waals surface area (Å²) in [4.78, 5) is 18.9. The van der Waals surface area contributed by atoms with Gasteiger partial charge in [0.05, 0.1) is 30.4 Å². The summed E-state index contributed by atoms with van der Waals surface area (Å²) < 4.78 is 10.6. The normalized spacial score (nSPS) is 21.0. The Balaban J connectivity index is 1.58. The predicted octanol–water partition coefficient (Wildman–Crippen LogP) is 2.48. The van der Waals surface area contributed by atoms with Crippen LogP contribution in [0.4, 0.5) is 0 Å². The number of aromatic nitrogens is 1. The molecule has 0 unspecified atom stereocenters. The average molecular weight is 342 g/mol. The van der Waals surface area contributed by atoms with Crippen LogP contribution < -0.4 is 0 Å². The Kier molecular flexibility index (Phi) is 4.55. The van der Waals surface area contributed by atoms with Gasteiger partial charge < -0.3 is 19.2 Å². The van der Waals surface area contributed by atoms with Crippen molar-refractivity contribution in [3.63, 3.8) is 0 Å². The van der Waals surface area contributed by atoms with Crippen molar-refractivity contribution in [1.29, 1.82) is 0 Å². The fourth-order valence-electron chi connectivity index (χ4n) is 3.74. The zero-order valence-electron chi connectivity index (χ0n) is 14.1. The number of nitrogens with zero attached hydrogens (tertiary/aromatic N) is 2. The number of aromatic carboxylic acids is 1. The Morgan fingerprint density at radius 3 is 2.96 bits per heavy atom. The third kappa shape index (κ3) is 3.45. The van der Waals surface area contributed by atoms with Crippen molar-refractivity contribution in [1.82, 2.24) is 9.88 Å². The van der Waals surface area contributed by atoms with E-state index >= 15 is 0 Å². The summed E-state index contributed by atoms with van der Waals surface area (Å²) in [5, 5.41) is 9.58. The largest absolute Gasteiger partial charge is 0.478 e. The Morgan fingerprint density at radius 2 is 2.24 bits per heavy atom. The molecule has 2 aliphatic rings. The summed E-state index contributed by atoms with van der Waals surface area (Å²) in [5.41, 5.74) is 3.51. The minimum Gasteiger partial charge on any atom is -0.478 e. The Bertz CT molecular complexity index is 751. The molecule has 4 rings (SSSR count). The van der Waals surface area contributed by atoms with Gasteiger partial charge in [-0.1, -0.05) is 0 Å². The molecule has 0 aromatic carbocycles. The molecule has 1 saturated heterocycles. The molecule has 2 aromatic rings. The second-order valence-electron chi connectivity index (χ2n) is 6.84. The maximum absolute atomic E-state index is 11.7. The first-order chi connectivity index (χ1) is 12.2. The van der Waals surface area contributed by atoms with E-state index in [1.54, 1.807) is 24.7 Å². The smallest absolute Gasteiger partial charge is 0.337 e. The number of hydrogen-bond acceptors (Lipinski definition) is 5. The van der Waals surface area contributed by atoms with Gasteiger partial charge in [-0.25, -0.2) is 4.79 Å². The predicted molar refractivity (Wildman–Crippen MR) is 91.7 cm³/mol. The van der Waals surface area contributed by atoms with Crippen molar-refractivity contribution >= 4 is 5.97 Å². The van der Waals surface area contributed by atoms with Crippen molar-refractivity contribution in [2.24, 2.45) is 5.92 Å². The highest BCUT2D eigenvalue weighted by atomic mass is 16.5. The van der Waals surface area contributed by atoms with E-state index in [-0.39, 0.29) is 5.56 Å². The van der Waals surface area contributed by atoms with Crippen LogP contribution >= 0.6 is 0 Å². The third-order valence-electron chi connectivity index (χ3n) is 5.12. The number of furan rings is 1. The fourth-order valence-corrected chi connectivity index (χ4v) is 3.74. The van der Waals surface area contributed by atoms with E-state index in [1.807, 2.05) is 0 Å². The molecule has 1 N–H and O–H groups in total. The summed E-state index contributed by atoms with van der Waals surface area (Å²) in [7, 11) is 0. The Labute approximate surface area is 146 Å². The highest BCUT2D eigenvalue weighted by Crippen LogP contribution is 2.27. The zero-order valence-corrected chi connectivity index (χ0v) is 14.1. The van der Waals surface area contributed by atoms with Crippen LogP contribution in [0, 0.1) is 5.92 Å². The molecule has 0 bridgehead atoms. The lowest BCUT2D eigenvalue weighted by molar-refractivity contribution is 0.0697. The molecule has 1 atom stereocenters. The molecule has 4 heterocycles. The lowest BCUT2D eigenvalue weighted by Crippen LogP contribution is -2.32. The SMILES string of the molecule is O=C(O)c1cc2c(nc1-c1ccoc1)CCN(C[C@H]1CCOC1)CC2. The monoisotopic (exact) mass is 342 g/mol. The molecule has 0 amide bonds. The number of pyridine rings is 1. The van der Waals surface area contributed by atoms with Crippen LogP contribution in [0.25, 0.3) is 11.3 Å². The molecule has 0 spiro atoms. The number of hydrogen-bond donors (Lipinski definition) is 1.